The molecule has 2 rings (SSSR count). The zero-order valence-corrected chi connectivity index (χ0v) is 11.3. The predicted molar refractivity (Wildman–Crippen MR) is 66.4 cm³/mol. The normalized spacial score (nSPS) is 11.2. The molecule has 21 heavy (non-hydrogen) atoms. The van der Waals surface area contributed by atoms with E-state index in [2.05, 4.69) is 4.43 Å². The number of aliphatic hydroxyl groups is 2. The summed E-state index contributed by atoms with van der Waals surface area (Å²) < 4.78 is 57.3. The summed E-state index contributed by atoms with van der Waals surface area (Å²) in [5.41, 5.74) is -0.271. The van der Waals surface area contributed by atoms with Gasteiger partial charge in [-0.2, -0.15) is 0 Å². The quantitative estimate of drug-likeness (QED) is 0.295. The van der Waals surface area contributed by atoms with Crippen LogP contribution in [0, 0.1) is 23.3 Å². The van der Waals surface area contributed by atoms with Crippen LogP contribution in [0.4, 0.5) is 17.6 Å². The molecule has 0 saturated carbocycles. The van der Waals surface area contributed by atoms with Crippen molar-refractivity contribution in [3.05, 3.63) is 53.6 Å². The van der Waals surface area contributed by atoms with Crippen molar-refractivity contribution in [2.24, 2.45) is 0 Å². The van der Waals surface area contributed by atoms with Crippen LogP contribution in [-0.4, -0.2) is 26.5 Å². The molecule has 110 valence electrons. The lowest BCUT2D eigenvalue weighted by atomic mass is 10.0. The zero-order valence-electron chi connectivity index (χ0n) is 10.3. The number of aliphatic hydroxyl groups excluding tert-OH is 1. The minimum atomic E-state index is -1.92. The summed E-state index contributed by atoms with van der Waals surface area (Å²) in [6.07, 6.45) is 0. The maximum atomic E-state index is 13.6. The highest BCUT2D eigenvalue weighted by atomic mass is 28.2. The van der Waals surface area contributed by atoms with E-state index >= 15 is 0 Å². The lowest BCUT2D eigenvalue weighted by Gasteiger charge is -2.08. The smallest absolute Gasteiger partial charge is 0.275 e. The molecule has 2 aromatic carbocycles. The largest absolute Gasteiger partial charge is 0.366 e. The van der Waals surface area contributed by atoms with Crippen LogP contribution in [-0.2, 0) is 4.43 Å². The second kappa shape index (κ2) is 6.35. The van der Waals surface area contributed by atoms with Gasteiger partial charge < -0.3 is 14.6 Å². The van der Waals surface area contributed by atoms with Crippen LogP contribution in [0.25, 0.3) is 11.1 Å². The van der Waals surface area contributed by atoms with Crippen LogP contribution in [0.5, 0.6) is 0 Å². The highest BCUT2D eigenvalue weighted by Gasteiger charge is 2.19. The lowest BCUT2D eigenvalue weighted by molar-refractivity contribution is -0.179. The first-order valence-corrected chi connectivity index (χ1v) is 6.52. The summed E-state index contributed by atoms with van der Waals surface area (Å²) in [6.45, 7) is -1.92. The van der Waals surface area contributed by atoms with Gasteiger partial charge in [0.05, 0.1) is 0 Å². The van der Waals surface area contributed by atoms with Crippen molar-refractivity contribution >= 4 is 14.9 Å². The molecule has 0 fully saturated rings. The topological polar surface area (TPSA) is 49.7 Å². The van der Waals surface area contributed by atoms with Gasteiger partial charge in [0.2, 0.25) is 0 Å². The first kappa shape index (κ1) is 15.6. The van der Waals surface area contributed by atoms with E-state index in [1.807, 2.05) is 0 Å². The molecule has 0 atom stereocenters. The molecular formula is C13H8F4O3Si. The number of hydrogen-bond donors (Lipinski definition) is 2. The van der Waals surface area contributed by atoms with Crippen LogP contribution in [0.2, 0.25) is 0 Å². The standard InChI is InChI=1S/C13H8F4O3Si/c14-9-5-8(10(15)12(17)11(9)16)6-1-3-7(4-2-6)21-20-13(18)19/h1-5,13,18-19H. The van der Waals surface area contributed by atoms with Crippen molar-refractivity contribution in [2.45, 2.75) is 6.48 Å². The minimum Gasteiger partial charge on any atom is -0.366 e. The molecule has 0 amide bonds. The van der Waals surface area contributed by atoms with E-state index in [0.717, 1.165) is 0 Å². The van der Waals surface area contributed by atoms with Gasteiger partial charge in [0.1, 0.15) is 0 Å². The Hall–Kier alpha value is -1.74. The summed E-state index contributed by atoms with van der Waals surface area (Å²) in [5.74, 6) is -6.70. The van der Waals surface area contributed by atoms with Gasteiger partial charge in [-0.25, -0.2) is 17.6 Å². The molecule has 3 nitrogen and oxygen atoms in total. The summed E-state index contributed by atoms with van der Waals surface area (Å²) in [5, 5.41) is 17.6. The molecule has 0 heterocycles. The van der Waals surface area contributed by atoms with Crippen LogP contribution >= 0.6 is 0 Å². The van der Waals surface area contributed by atoms with E-state index in [-0.39, 0.29) is 15.3 Å². The highest BCUT2D eigenvalue weighted by Crippen LogP contribution is 2.27. The van der Waals surface area contributed by atoms with E-state index in [1.165, 1.54) is 24.3 Å². The Bertz CT molecular complexity index is 647. The van der Waals surface area contributed by atoms with E-state index < -0.39 is 35.3 Å². The average molecular weight is 316 g/mol. The Kier molecular flexibility index (Phi) is 4.73. The van der Waals surface area contributed by atoms with Gasteiger partial charge in [0.25, 0.3) is 16.2 Å². The van der Waals surface area contributed by atoms with Crippen LogP contribution < -0.4 is 5.19 Å². The lowest BCUT2D eigenvalue weighted by Crippen LogP contribution is -2.23. The second-order valence-electron chi connectivity index (χ2n) is 3.97. The molecule has 0 aliphatic heterocycles. The molecule has 0 spiro atoms. The summed E-state index contributed by atoms with van der Waals surface area (Å²) in [7, 11) is -0.372. The number of hydrogen-bond acceptors (Lipinski definition) is 3. The van der Waals surface area contributed by atoms with Gasteiger partial charge in [-0.1, -0.05) is 24.3 Å². The Morgan fingerprint density at radius 1 is 0.905 bits per heavy atom. The van der Waals surface area contributed by atoms with Crippen molar-refractivity contribution in [1.82, 2.24) is 0 Å². The Labute approximate surface area is 119 Å². The minimum absolute atomic E-state index is 0.142. The van der Waals surface area contributed by atoms with Crippen molar-refractivity contribution in [3.8, 4) is 11.1 Å². The molecule has 2 radical (unpaired) electrons. The third-order valence-electron chi connectivity index (χ3n) is 2.58. The number of benzene rings is 2. The highest BCUT2D eigenvalue weighted by molar-refractivity contribution is 6.46. The van der Waals surface area contributed by atoms with Gasteiger partial charge in [-0.05, 0) is 16.8 Å². The third kappa shape index (κ3) is 3.48. The molecular weight excluding hydrogens is 308 g/mol. The Balaban J connectivity index is 2.31. The molecule has 0 saturated heterocycles. The number of halogens is 4. The van der Waals surface area contributed by atoms with Crippen molar-refractivity contribution in [3.63, 3.8) is 0 Å². The molecule has 0 aromatic heterocycles. The van der Waals surface area contributed by atoms with Gasteiger partial charge in [-0.3, -0.25) is 0 Å². The zero-order chi connectivity index (χ0) is 15.6. The molecule has 0 bridgehead atoms. The molecule has 0 unspecified atom stereocenters. The van der Waals surface area contributed by atoms with Gasteiger partial charge in [0.15, 0.2) is 23.3 Å². The van der Waals surface area contributed by atoms with Gasteiger partial charge >= 0.3 is 0 Å². The predicted octanol–water partition coefficient (Wildman–Crippen LogP) is 1.44. The Morgan fingerprint density at radius 2 is 1.52 bits per heavy atom. The number of rotatable bonds is 4. The maximum absolute atomic E-state index is 13.6. The third-order valence-corrected chi connectivity index (χ3v) is 3.48. The van der Waals surface area contributed by atoms with Crippen molar-refractivity contribution in [2.75, 3.05) is 0 Å². The molecule has 0 aliphatic carbocycles. The average Bonchev–Trinajstić information content (AvgIpc) is 2.47. The van der Waals surface area contributed by atoms with Gasteiger partial charge in [-0.15, -0.1) is 0 Å². The van der Waals surface area contributed by atoms with Crippen LogP contribution in [0.1, 0.15) is 0 Å². The monoisotopic (exact) mass is 316 g/mol. The summed E-state index contributed by atoms with van der Waals surface area (Å²) >= 11 is 0. The first-order chi connectivity index (χ1) is 9.90. The van der Waals surface area contributed by atoms with Gasteiger partial charge in [0, 0.05) is 5.56 Å². The van der Waals surface area contributed by atoms with Crippen molar-refractivity contribution < 1.29 is 32.2 Å². The summed E-state index contributed by atoms with van der Waals surface area (Å²) in [4.78, 5) is 0. The maximum Gasteiger partial charge on any atom is 0.275 e. The second-order valence-corrected chi connectivity index (χ2v) is 4.99. The fraction of sp³-hybridized carbons (Fsp3) is 0.0769. The molecule has 8 heteroatoms. The fourth-order valence-electron chi connectivity index (χ4n) is 1.62. The Morgan fingerprint density at radius 3 is 2.10 bits per heavy atom. The van der Waals surface area contributed by atoms with E-state index in [1.54, 1.807) is 0 Å². The molecule has 2 aromatic rings. The van der Waals surface area contributed by atoms with Crippen molar-refractivity contribution in [1.29, 1.82) is 0 Å². The molecule has 2 N–H and O–H groups in total. The summed E-state index contributed by atoms with van der Waals surface area (Å²) in [6, 6.07) is 6.18. The SMILES string of the molecule is OC(O)O[Si]c1ccc(-c2cc(F)c(F)c(F)c2F)cc1. The van der Waals surface area contributed by atoms with E-state index in [9.17, 15) is 17.6 Å². The van der Waals surface area contributed by atoms with Crippen LogP contribution in [0.15, 0.2) is 30.3 Å². The molecule has 0 aliphatic rings. The first-order valence-electron chi connectivity index (χ1n) is 5.61. The fourth-order valence-corrected chi connectivity index (χ4v) is 2.17. The van der Waals surface area contributed by atoms with E-state index in [0.29, 0.717) is 11.3 Å². The van der Waals surface area contributed by atoms with E-state index in [4.69, 9.17) is 10.2 Å². The van der Waals surface area contributed by atoms with Crippen LogP contribution in [0.3, 0.4) is 0 Å².